The number of anilines is 2. The van der Waals surface area contributed by atoms with Gasteiger partial charge in [0.1, 0.15) is 17.5 Å². The molecule has 3 N–H and O–H groups in total. The van der Waals surface area contributed by atoms with Crippen LogP contribution in [0.4, 0.5) is 20.4 Å². The third-order valence-electron chi connectivity index (χ3n) is 1.97. The van der Waals surface area contributed by atoms with E-state index in [1.54, 1.807) is 6.92 Å². The Balaban J connectivity index is 2.90. The molecule has 4 nitrogen and oxygen atoms in total. The van der Waals surface area contributed by atoms with E-state index in [0.717, 1.165) is 0 Å². The standard InChI is InChI=1S/C9H14F2N4/c1-3-7-14-8(12)5(2)9(15-7)13-4-6(10)11/h6H,3-4H2,1-2H3,(H3,12,13,14,15). The van der Waals surface area contributed by atoms with Gasteiger partial charge < -0.3 is 11.1 Å². The number of aromatic nitrogens is 2. The second-order valence-corrected chi connectivity index (χ2v) is 3.12. The molecule has 1 aromatic heterocycles. The van der Waals surface area contributed by atoms with Crippen molar-refractivity contribution in [1.29, 1.82) is 0 Å². The second-order valence-electron chi connectivity index (χ2n) is 3.12. The van der Waals surface area contributed by atoms with E-state index in [2.05, 4.69) is 15.3 Å². The van der Waals surface area contributed by atoms with Crippen LogP contribution in [0.1, 0.15) is 18.3 Å². The third kappa shape index (κ3) is 3.00. The van der Waals surface area contributed by atoms with Crippen molar-refractivity contribution in [2.24, 2.45) is 0 Å². The predicted molar refractivity (Wildman–Crippen MR) is 55.1 cm³/mol. The van der Waals surface area contributed by atoms with Gasteiger partial charge in [0.15, 0.2) is 0 Å². The van der Waals surface area contributed by atoms with E-state index in [1.807, 2.05) is 6.92 Å². The van der Waals surface area contributed by atoms with E-state index in [1.165, 1.54) is 0 Å². The molecule has 0 spiro atoms. The maximum absolute atomic E-state index is 12.0. The third-order valence-corrected chi connectivity index (χ3v) is 1.97. The van der Waals surface area contributed by atoms with E-state index in [0.29, 0.717) is 29.4 Å². The molecule has 1 rings (SSSR count). The minimum atomic E-state index is -2.41. The summed E-state index contributed by atoms with van der Waals surface area (Å²) in [4.78, 5) is 8.11. The lowest BCUT2D eigenvalue weighted by Crippen LogP contribution is -2.14. The van der Waals surface area contributed by atoms with Crippen LogP contribution in [0.15, 0.2) is 0 Å². The lowest BCUT2D eigenvalue weighted by molar-refractivity contribution is 0.163. The van der Waals surface area contributed by atoms with Crippen LogP contribution >= 0.6 is 0 Å². The zero-order chi connectivity index (χ0) is 11.4. The molecule has 1 heterocycles. The average molecular weight is 216 g/mol. The zero-order valence-corrected chi connectivity index (χ0v) is 8.72. The van der Waals surface area contributed by atoms with E-state index >= 15 is 0 Å². The molecule has 0 saturated heterocycles. The van der Waals surface area contributed by atoms with Crippen LogP contribution in [0.25, 0.3) is 0 Å². The summed E-state index contributed by atoms with van der Waals surface area (Å²) in [6.45, 7) is 3.14. The van der Waals surface area contributed by atoms with Crippen molar-refractivity contribution in [3.63, 3.8) is 0 Å². The van der Waals surface area contributed by atoms with Crippen molar-refractivity contribution in [1.82, 2.24) is 9.97 Å². The van der Waals surface area contributed by atoms with Crippen molar-refractivity contribution in [2.75, 3.05) is 17.6 Å². The van der Waals surface area contributed by atoms with Gasteiger partial charge in [0.05, 0.1) is 6.54 Å². The Kier molecular flexibility index (Phi) is 3.76. The first-order valence-electron chi connectivity index (χ1n) is 4.69. The van der Waals surface area contributed by atoms with Crippen molar-refractivity contribution >= 4 is 11.6 Å². The maximum atomic E-state index is 12.0. The van der Waals surface area contributed by atoms with Gasteiger partial charge in [-0.15, -0.1) is 0 Å². The van der Waals surface area contributed by atoms with E-state index < -0.39 is 13.0 Å². The van der Waals surface area contributed by atoms with Gasteiger partial charge >= 0.3 is 0 Å². The Hall–Kier alpha value is -1.46. The van der Waals surface area contributed by atoms with Crippen LogP contribution in [-0.4, -0.2) is 22.9 Å². The summed E-state index contributed by atoms with van der Waals surface area (Å²) in [5.41, 5.74) is 6.23. The quantitative estimate of drug-likeness (QED) is 0.802. The van der Waals surface area contributed by atoms with Crippen LogP contribution in [0, 0.1) is 6.92 Å². The molecule has 0 aromatic carbocycles. The highest BCUT2D eigenvalue weighted by atomic mass is 19.3. The summed E-state index contributed by atoms with van der Waals surface area (Å²) < 4.78 is 24.0. The Morgan fingerprint density at radius 3 is 2.60 bits per heavy atom. The summed E-state index contributed by atoms with van der Waals surface area (Å²) in [6, 6.07) is 0. The fourth-order valence-corrected chi connectivity index (χ4v) is 1.09. The van der Waals surface area contributed by atoms with Gasteiger partial charge in [0, 0.05) is 12.0 Å². The van der Waals surface area contributed by atoms with E-state index in [-0.39, 0.29) is 0 Å². The van der Waals surface area contributed by atoms with Gasteiger partial charge in [-0.2, -0.15) is 0 Å². The number of nitrogens with one attached hydrogen (secondary N) is 1. The summed E-state index contributed by atoms with van der Waals surface area (Å²) in [5.74, 6) is 1.27. The Morgan fingerprint density at radius 1 is 1.40 bits per heavy atom. The lowest BCUT2D eigenvalue weighted by Gasteiger charge is -2.10. The molecule has 0 radical (unpaired) electrons. The highest BCUT2D eigenvalue weighted by molar-refractivity contribution is 5.54. The minimum Gasteiger partial charge on any atom is -0.383 e. The fraction of sp³-hybridized carbons (Fsp3) is 0.556. The van der Waals surface area contributed by atoms with Gasteiger partial charge in [0.2, 0.25) is 0 Å². The highest BCUT2D eigenvalue weighted by Gasteiger charge is 2.09. The largest absolute Gasteiger partial charge is 0.383 e. The van der Waals surface area contributed by atoms with Crippen molar-refractivity contribution < 1.29 is 8.78 Å². The summed E-state index contributed by atoms with van der Waals surface area (Å²) in [6.07, 6.45) is -1.79. The molecule has 0 aliphatic heterocycles. The Labute approximate surface area is 86.9 Å². The molecule has 6 heteroatoms. The van der Waals surface area contributed by atoms with Crippen LogP contribution in [0.3, 0.4) is 0 Å². The molecule has 0 bridgehead atoms. The zero-order valence-electron chi connectivity index (χ0n) is 8.72. The van der Waals surface area contributed by atoms with Gasteiger partial charge in [-0.1, -0.05) is 6.92 Å². The lowest BCUT2D eigenvalue weighted by atomic mass is 10.3. The first-order valence-corrected chi connectivity index (χ1v) is 4.69. The number of nitrogens with zero attached hydrogens (tertiary/aromatic N) is 2. The molecule has 0 atom stereocenters. The maximum Gasteiger partial charge on any atom is 0.255 e. The molecule has 0 saturated carbocycles. The van der Waals surface area contributed by atoms with Crippen LogP contribution < -0.4 is 11.1 Å². The molecule has 0 aliphatic carbocycles. The van der Waals surface area contributed by atoms with E-state index in [9.17, 15) is 8.78 Å². The van der Waals surface area contributed by atoms with Crippen LogP contribution in [-0.2, 0) is 6.42 Å². The molecular weight excluding hydrogens is 202 g/mol. The van der Waals surface area contributed by atoms with Crippen LogP contribution in [0.2, 0.25) is 0 Å². The predicted octanol–water partition coefficient (Wildman–Crippen LogP) is 1.61. The smallest absolute Gasteiger partial charge is 0.255 e. The Bertz CT molecular complexity index is 341. The number of aryl methyl sites for hydroxylation is 1. The minimum absolute atomic E-state index is 0.332. The molecule has 0 unspecified atom stereocenters. The first-order chi connectivity index (χ1) is 7.04. The molecule has 1 aromatic rings. The van der Waals surface area contributed by atoms with Gasteiger partial charge in [0.25, 0.3) is 6.43 Å². The number of nitrogens with two attached hydrogens (primary N) is 1. The molecule has 0 aliphatic rings. The Morgan fingerprint density at radius 2 is 2.07 bits per heavy atom. The normalized spacial score (nSPS) is 10.7. The SMILES string of the molecule is CCc1nc(N)c(C)c(NCC(F)F)n1. The van der Waals surface area contributed by atoms with Gasteiger partial charge in [-0.05, 0) is 6.92 Å². The molecule has 84 valence electrons. The summed E-state index contributed by atoms with van der Waals surface area (Å²) in [5, 5.41) is 2.55. The number of hydrogen-bond acceptors (Lipinski definition) is 4. The number of halogens is 2. The van der Waals surface area contributed by atoms with Crippen molar-refractivity contribution in [3.8, 4) is 0 Å². The monoisotopic (exact) mass is 216 g/mol. The molecule has 0 fully saturated rings. The fourth-order valence-electron chi connectivity index (χ4n) is 1.09. The van der Waals surface area contributed by atoms with Crippen molar-refractivity contribution in [3.05, 3.63) is 11.4 Å². The topological polar surface area (TPSA) is 63.8 Å². The number of hydrogen-bond donors (Lipinski definition) is 2. The average Bonchev–Trinajstić information content (AvgIpc) is 2.19. The highest BCUT2D eigenvalue weighted by Crippen LogP contribution is 2.17. The molecule has 15 heavy (non-hydrogen) atoms. The molecule has 0 amide bonds. The number of alkyl halides is 2. The van der Waals surface area contributed by atoms with Gasteiger partial charge in [-0.3, -0.25) is 0 Å². The molecular formula is C9H14F2N4. The second kappa shape index (κ2) is 4.86. The van der Waals surface area contributed by atoms with Crippen LogP contribution in [0.5, 0.6) is 0 Å². The van der Waals surface area contributed by atoms with Gasteiger partial charge in [-0.25, -0.2) is 18.7 Å². The summed E-state index contributed by atoms with van der Waals surface area (Å²) in [7, 11) is 0. The summed E-state index contributed by atoms with van der Waals surface area (Å²) >= 11 is 0. The first kappa shape index (κ1) is 11.6. The number of rotatable bonds is 4. The number of nitrogen functional groups attached to an aromatic ring is 1. The van der Waals surface area contributed by atoms with Crippen molar-refractivity contribution in [2.45, 2.75) is 26.7 Å². The van der Waals surface area contributed by atoms with E-state index in [4.69, 9.17) is 5.73 Å².